The third-order valence-electron chi connectivity index (χ3n) is 13.2. The summed E-state index contributed by atoms with van der Waals surface area (Å²) in [4.78, 5) is 26.1. The lowest BCUT2D eigenvalue weighted by atomic mass is 10.0. The Morgan fingerprint density at radius 3 is 1.00 bits per heavy atom. The molecule has 0 rings (SSSR count). The molecule has 0 aromatic rings. The number of nitrogens with one attached hydrogen (secondary N) is 1. The molecular weight excluding hydrogens is 755 g/mol. The van der Waals surface area contributed by atoms with Crippen LogP contribution in [0.3, 0.4) is 0 Å². The van der Waals surface area contributed by atoms with Crippen LogP contribution in [0.1, 0.15) is 316 Å². The van der Waals surface area contributed by atoms with E-state index in [4.69, 9.17) is 4.74 Å². The van der Waals surface area contributed by atoms with E-state index >= 15 is 0 Å². The van der Waals surface area contributed by atoms with Crippen molar-refractivity contribution in [2.24, 2.45) is 0 Å². The molecule has 6 nitrogen and oxygen atoms in total. The fraction of sp³-hybridized carbons (Fsp3) is 0.964. The van der Waals surface area contributed by atoms with Crippen molar-refractivity contribution in [2.45, 2.75) is 334 Å². The highest BCUT2D eigenvalue weighted by Gasteiger charge is 2.24. The molecule has 3 atom stereocenters. The van der Waals surface area contributed by atoms with Crippen molar-refractivity contribution >= 4 is 11.9 Å². The monoisotopic (exact) mass is 864 g/mol. The Hall–Kier alpha value is -1.14. The van der Waals surface area contributed by atoms with Crippen molar-refractivity contribution < 1.29 is 24.5 Å². The molecule has 3 N–H and O–H groups in total. The van der Waals surface area contributed by atoms with Crippen LogP contribution in [0, 0.1) is 0 Å². The van der Waals surface area contributed by atoms with E-state index in [0.717, 1.165) is 44.9 Å². The van der Waals surface area contributed by atoms with E-state index < -0.39 is 18.2 Å². The van der Waals surface area contributed by atoms with Gasteiger partial charge in [-0.25, -0.2) is 0 Å². The number of ether oxygens (including phenoxy) is 1. The smallest absolute Gasteiger partial charge is 0.306 e. The summed E-state index contributed by atoms with van der Waals surface area (Å²) in [7, 11) is 0. The van der Waals surface area contributed by atoms with Gasteiger partial charge in [0.2, 0.25) is 5.91 Å². The first-order valence-electron chi connectivity index (χ1n) is 27.8. The lowest BCUT2D eigenvalue weighted by molar-refractivity contribution is -0.151. The number of carbonyl (C=O) groups is 2. The zero-order chi connectivity index (χ0) is 44.5. The summed E-state index contributed by atoms with van der Waals surface area (Å²) in [6, 6.07) is -0.692. The topological polar surface area (TPSA) is 95.9 Å². The van der Waals surface area contributed by atoms with Crippen LogP contribution in [-0.2, 0) is 14.3 Å². The van der Waals surface area contributed by atoms with Crippen molar-refractivity contribution in [3.63, 3.8) is 0 Å². The molecule has 0 heterocycles. The second-order valence-electron chi connectivity index (χ2n) is 19.4. The summed E-state index contributed by atoms with van der Waals surface area (Å²) in [6.45, 7) is 6.52. The lowest BCUT2D eigenvalue weighted by Gasteiger charge is -2.24. The minimum atomic E-state index is -0.779. The first kappa shape index (κ1) is 59.9. The van der Waals surface area contributed by atoms with Gasteiger partial charge < -0.3 is 20.3 Å². The van der Waals surface area contributed by atoms with E-state index in [1.54, 1.807) is 0 Å². The van der Waals surface area contributed by atoms with Crippen molar-refractivity contribution in [3.8, 4) is 0 Å². The van der Waals surface area contributed by atoms with Gasteiger partial charge in [0.05, 0.1) is 25.2 Å². The molecule has 0 aliphatic rings. The lowest BCUT2D eigenvalue weighted by Crippen LogP contribution is -2.46. The SMILES string of the molecule is CCCCCCCCCCCCCCCCCCCC(O)C(CO)NC(=O)CC(CCCCCCCCCCCCCCCCC)OC(=O)CCCCCCCCCCCC. The average Bonchev–Trinajstić information content (AvgIpc) is 3.25. The van der Waals surface area contributed by atoms with Crippen molar-refractivity contribution in [3.05, 3.63) is 0 Å². The third-order valence-corrected chi connectivity index (χ3v) is 13.2. The molecule has 1 amide bonds. The van der Waals surface area contributed by atoms with Crippen molar-refractivity contribution in [2.75, 3.05) is 6.61 Å². The van der Waals surface area contributed by atoms with Gasteiger partial charge in [-0.3, -0.25) is 9.59 Å². The van der Waals surface area contributed by atoms with Crippen molar-refractivity contribution in [1.29, 1.82) is 0 Å². The quantitative estimate of drug-likeness (QED) is 0.0418. The Labute approximate surface area is 381 Å². The Bertz CT molecular complexity index is 882. The number of aliphatic hydroxyl groups excluding tert-OH is 2. The van der Waals surface area contributed by atoms with Crippen LogP contribution in [0.4, 0.5) is 0 Å². The zero-order valence-electron chi connectivity index (χ0n) is 41.6. The van der Waals surface area contributed by atoms with Gasteiger partial charge in [-0.05, 0) is 25.7 Å². The number of carbonyl (C=O) groups excluding carboxylic acids is 2. The van der Waals surface area contributed by atoms with E-state index in [2.05, 4.69) is 26.1 Å². The molecule has 0 spiro atoms. The summed E-state index contributed by atoms with van der Waals surface area (Å²) < 4.78 is 5.94. The maximum Gasteiger partial charge on any atom is 0.306 e. The van der Waals surface area contributed by atoms with Crippen molar-refractivity contribution in [1.82, 2.24) is 5.32 Å². The van der Waals surface area contributed by atoms with Gasteiger partial charge in [0.25, 0.3) is 0 Å². The summed E-state index contributed by atoms with van der Waals surface area (Å²) in [6.07, 6.45) is 54.5. The Balaban J connectivity index is 4.43. The van der Waals surface area contributed by atoms with Crippen LogP contribution in [0.5, 0.6) is 0 Å². The molecule has 0 radical (unpaired) electrons. The fourth-order valence-corrected chi connectivity index (χ4v) is 8.96. The number of hydrogen-bond donors (Lipinski definition) is 3. The van der Waals surface area contributed by atoms with Crippen LogP contribution in [0.2, 0.25) is 0 Å². The van der Waals surface area contributed by atoms with E-state index in [1.165, 1.54) is 225 Å². The van der Waals surface area contributed by atoms with Gasteiger partial charge in [0.1, 0.15) is 6.10 Å². The van der Waals surface area contributed by atoms with Crippen LogP contribution < -0.4 is 5.32 Å². The van der Waals surface area contributed by atoms with Gasteiger partial charge in [-0.15, -0.1) is 0 Å². The number of unbranched alkanes of at least 4 members (excludes halogenated alkanes) is 39. The minimum Gasteiger partial charge on any atom is -0.462 e. The first-order valence-corrected chi connectivity index (χ1v) is 27.8. The van der Waals surface area contributed by atoms with Gasteiger partial charge in [0.15, 0.2) is 0 Å². The molecule has 0 aromatic carbocycles. The summed E-state index contributed by atoms with van der Waals surface area (Å²) in [5.41, 5.74) is 0. The number of hydrogen-bond acceptors (Lipinski definition) is 5. The zero-order valence-corrected chi connectivity index (χ0v) is 41.6. The molecule has 6 heteroatoms. The number of amides is 1. The second-order valence-corrected chi connectivity index (χ2v) is 19.4. The molecular formula is C55H109NO5. The van der Waals surface area contributed by atoms with Crippen LogP contribution in [-0.4, -0.2) is 46.9 Å². The molecule has 0 aliphatic heterocycles. The molecule has 0 bridgehead atoms. The van der Waals surface area contributed by atoms with Crippen LogP contribution in [0.25, 0.3) is 0 Å². The van der Waals surface area contributed by atoms with Crippen LogP contribution >= 0.6 is 0 Å². The minimum absolute atomic E-state index is 0.0880. The number of esters is 1. The first-order chi connectivity index (χ1) is 30.0. The maximum absolute atomic E-state index is 13.2. The average molecular weight is 864 g/mol. The highest BCUT2D eigenvalue weighted by molar-refractivity contribution is 5.77. The van der Waals surface area contributed by atoms with Gasteiger partial charge in [0, 0.05) is 6.42 Å². The summed E-state index contributed by atoms with van der Waals surface area (Å²) >= 11 is 0. The van der Waals surface area contributed by atoms with Crippen LogP contribution in [0.15, 0.2) is 0 Å². The number of aliphatic hydroxyl groups is 2. The van der Waals surface area contributed by atoms with Gasteiger partial charge in [-0.1, -0.05) is 278 Å². The molecule has 0 fully saturated rings. The van der Waals surface area contributed by atoms with Gasteiger partial charge in [-0.2, -0.15) is 0 Å². The second kappa shape index (κ2) is 49.9. The van der Waals surface area contributed by atoms with E-state index in [0.29, 0.717) is 19.3 Å². The molecule has 3 unspecified atom stereocenters. The van der Waals surface area contributed by atoms with E-state index in [-0.39, 0.29) is 24.9 Å². The van der Waals surface area contributed by atoms with E-state index in [1.807, 2.05) is 0 Å². The highest BCUT2D eigenvalue weighted by atomic mass is 16.5. The molecule has 0 aromatic heterocycles. The molecule has 364 valence electrons. The predicted octanol–water partition coefficient (Wildman–Crippen LogP) is 16.7. The Morgan fingerprint density at radius 1 is 0.410 bits per heavy atom. The Morgan fingerprint density at radius 2 is 0.689 bits per heavy atom. The standard InChI is InChI=1S/C55H109NO5/c1-4-7-10-13-16-19-22-24-26-27-29-31-33-35-38-41-44-47-53(58)52(50-57)56-54(59)49-51(61-55(60)48-45-42-39-36-21-18-15-12-9-6-3)46-43-40-37-34-32-30-28-25-23-20-17-14-11-8-5-2/h51-53,57-58H,4-50H2,1-3H3,(H,56,59). The molecule has 0 aliphatic carbocycles. The molecule has 0 saturated carbocycles. The largest absolute Gasteiger partial charge is 0.462 e. The predicted molar refractivity (Wildman–Crippen MR) is 264 cm³/mol. The maximum atomic E-state index is 13.2. The normalized spacial score (nSPS) is 13.1. The van der Waals surface area contributed by atoms with Gasteiger partial charge >= 0.3 is 5.97 Å². The molecule has 0 saturated heterocycles. The third kappa shape index (κ3) is 45.2. The Kier molecular flexibility index (Phi) is 48.9. The summed E-state index contributed by atoms with van der Waals surface area (Å²) in [5, 5.41) is 23.8. The highest BCUT2D eigenvalue weighted by Crippen LogP contribution is 2.19. The fourth-order valence-electron chi connectivity index (χ4n) is 8.96. The summed E-state index contributed by atoms with van der Waals surface area (Å²) in [5.74, 6) is -0.450. The van der Waals surface area contributed by atoms with E-state index in [9.17, 15) is 19.8 Å². The number of rotatable bonds is 51. The molecule has 61 heavy (non-hydrogen) atoms.